The lowest BCUT2D eigenvalue weighted by molar-refractivity contribution is 0.00578. The van der Waals surface area contributed by atoms with Crippen molar-refractivity contribution in [3.05, 3.63) is 29.5 Å². The monoisotopic (exact) mass is 275 g/mol. The number of rotatable bonds is 3. The molecule has 108 valence electrons. The minimum atomic E-state index is -0.344. The van der Waals surface area contributed by atoms with E-state index in [2.05, 4.69) is 4.98 Å². The van der Waals surface area contributed by atoms with E-state index in [9.17, 15) is 0 Å². The van der Waals surface area contributed by atoms with Gasteiger partial charge in [-0.3, -0.25) is 4.98 Å². The third-order valence-electron chi connectivity index (χ3n) is 4.01. The fraction of sp³-hybridized carbons (Fsp3) is 0.533. The molecule has 4 nitrogen and oxygen atoms in total. The lowest BCUT2D eigenvalue weighted by Crippen LogP contribution is -2.41. The van der Waals surface area contributed by atoms with Gasteiger partial charge >= 0.3 is 7.12 Å². The Kier molecular flexibility index (Phi) is 3.94. The van der Waals surface area contributed by atoms with Crippen molar-refractivity contribution in [1.29, 1.82) is 0 Å². The maximum Gasteiger partial charge on any atom is 0.487 e. The summed E-state index contributed by atoms with van der Waals surface area (Å²) in [5, 5.41) is 0. The molecule has 0 unspecified atom stereocenters. The van der Waals surface area contributed by atoms with Crippen LogP contribution in [0.4, 0.5) is 0 Å². The number of nitrogens with zero attached hydrogens (tertiary/aromatic N) is 1. The second-order valence-electron chi connectivity index (χ2n) is 6.06. The number of methoxy groups -OCH3 is 1. The lowest BCUT2D eigenvalue weighted by atomic mass is 9.89. The van der Waals surface area contributed by atoms with Gasteiger partial charge in [0, 0.05) is 0 Å². The zero-order valence-electron chi connectivity index (χ0n) is 13.1. The molecular weight excluding hydrogens is 253 g/mol. The van der Waals surface area contributed by atoms with Crippen LogP contribution in [0.25, 0.3) is 6.08 Å². The molecule has 20 heavy (non-hydrogen) atoms. The summed E-state index contributed by atoms with van der Waals surface area (Å²) in [7, 11) is 1.29. The molecule has 0 amide bonds. The van der Waals surface area contributed by atoms with Crippen LogP contribution in [0.5, 0.6) is 5.75 Å². The summed E-state index contributed by atoms with van der Waals surface area (Å²) < 4.78 is 17.0. The molecule has 0 aromatic carbocycles. The quantitative estimate of drug-likeness (QED) is 0.795. The third-order valence-corrected chi connectivity index (χ3v) is 4.01. The molecule has 0 atom stereocenters. The molecular formula is C15H22BNO3. The minimum absolute atomic E-state index is 0.315. The Hall–Kier alpha value is -1.33. The van der Waals surface area contributed by atoms with Crippen LogP contribution in [0.2, 0.25) is 0 Å². The highest BCUT2D eigenvalue weighted by molar-refractivity contribution is 6.52. The van der Waals surface area contributed by atoms with Gasteiger partial charge in [-0.25, -0.2) is 0 Å². The smallest absolute Gasteiger partial charge is 0.487 e. The SMILES string of the molecule is COc1cnc(/C=C/B2OC(C)(C)C(C)(C)O2)c(C)c1. The summed E-state index contributed by atoms with van der Waals surface area (Å²) in [6.07, 6.45) is 3.63. The first-order chi connectivity index (χ1) is 9.25. The van der Waals surface area contributed by atoms with E-state index in [0.29, 0.717) is 0 Å². The van der Waals surface area contributed by atoms with Crippen molar-refractivity contribution < 1.29 is 14.0 Å². The number of pyridine rings is 1. The molecule has 2 rings (SSSR count). The molecule has 0 radical (unpaired) electrons. The van der Waals surface area contributed by atoms with Gasteiger partial charge in [0.15, 0.2) is 0 Å². The standard InChI is InChI=1S/C15H22BNO3/c1-11-9-12(18-6)10-17-13(11)7-8-16-19-14(2,3)15(4,5)20-16/h7-10H,1-6H3/b8-7+. The molecule has 0 N–H and O–H groups in total. The Morgan fingerprint density at radius 2 is 1.80 bits per heavy atom. The molecule has 5 heteroatoms. The number of hydrogen-bond donors (Lipinski definition) is 0. The summed E-state index contributed by atoms with van der Waals surface area (Å²) in [5.74, 6) is 2.66. The van der Waals surface area contributed by atoms with Gasteiger partial charge in [-0.05, 0) is 52.3 Å². The summed E-state index contributed by atoms with van der Waals surface area (Å²) in [4.78, 5) is 4.36. The maximum absolute atomic E-state index is 5.91. The van der Waals surface area contributed by atoms with E-state index in [4.69, 9.17) is 14.0 Å². The lowest BCUT2D eigenvalue weighted by Gasteiger charge is -2.32. The van der Waals surface area contributed by atoms with Crippen LogP contribution in [-0.2, 0) is 9.31 Å². The van der Waals surface area contributed by atoms with Gasteiger partial charge < -0.3 is 14.0 Å². The van der Waals surface area contributed by atoms with E-state index in [1.165, 1.54) is 0 Å². The van der Waals surface area contributed by atoms with Crippen molar-refractivity contribution in [1.82, 2.24) is 4.98 Å². The highest BCUT2D eigenvalue weighted by Crippen LogP contribution is 2.37. The van der Waals surface area contributed by atoms with E-state index in [1.54, 1.807) is 13.3 Å². The van der Waals surface area contributed by atoms with Gasteiger partial charge in [0.2, 0.25) is 0 Å². The fourth-order valence-electron chi connectivity index (χ4n) is 1.98. The number of hydrogen-bond acceptors (Lipinski definition) is 4. The second-order valence-corrected chi connectivity index (χ2v) is 6.06. The van der Waals surface area contributed by atoms with Crippen LogP contribution in [0.3, 0.4) is 0 Å². The van der Waals surface area contributed by atoms with Crippen molar-refractivity contribution in [3.63, 3.8) is 0 Å². The van der Waals surface area contributed by atoms with Gasteiger partial charge in [0.25, 0.3) is 0 Å². The Balaban J connectivity index is 2.12. The van der Waals surface area contributed by atoms with Gasteiger partial charge in [0.1, 0.15) is 5.75 Å². The first-order valence-electron chi connectivity index (χ1n) is 6.80. The number of aromatic nitrogens is 1. The van der Waals surface area contributed by atoms with Crippen LogP contribution >= 0.6 is 0 Å². The Labute approximate surface area is 121 Å². The first-order valence-corrected chi connectivity index (χ1v) is 6.80. The molecule has 1 saturated heterocycles. The molecule has 1 aromatic rings. The van der Waals surface area contributed by atoms with E-state index in [0.717, 1.165) is 17.0 Å². The molecule has 1 aliphatic heterocycles. The van der Waals surface area contributed by atoms with Crippen molar-refractivity contribution in [3.8, 4) is 5.75 Å². The van der Waals surface area contributed by atoms with Crippen molar-refractivity contribution >= 4 is 13.2 Å². The highest BCUT2D eigenvalue weighted by atomic mass is 16.7. The van der Waals surface area contributed by atoms with Crippen molar-refractivity contribution in [2.45, 2.75) is 45.8 Å². The van der Waals surface area contributed by atoms with Gasteiger partial charge in [0.05, 0.1) is 30.2 Å². The highest BCUT2D eigenvalue weighted by Gasteiger charge is 2.50. The van der Waals surface area contributed by atoms with Crippen molar-refractivity contribution in [2.24, 2.45) is 0 Å². The Morgan fingerprint density at radius 3 is 2.30 bits per heavy atom. The zero-order valence-corrected chi connectivity index (χ0v) is 13.1. The van der Waals surface area contributed by atoms with Crippen LogP contribution in [0.1, 0.15) is 39.0 Å². The van der Waals surface area contributed by atoms with Gasteiger partial charge in [-0.2, -0.15) is 0 Å². The van der Waals surface area contributed by atoms with Crippen LogP contribution in [-0.4, -0.2) is 30.4 Å². The molecule has 0 bridgehead atoms. The molecule has 2 heterocycles. The largest absolute Gasteiger partial charge is 0.495 e. The van der Waals surface area contributed by atoms with Gasteiger partial charge in [-0.1, -0.05) is 5.98 Å². The molecule has 1 aromatic heterocycles. The fourth-order valence-corrected chi connectivity index (χ4v) is 1.98. The average Bonchev–Trinajstić information content (AvgIpc) is 2.56. The summed E-state index contributed by atoms with van der Waals surface area (Å²) in [6.45, 7) is 10.2. The normalized spacial score (nSPS) is 20.6. The number of aryl methyl sites for hydroxylation is 1. The third kappa shape index (κ3) is 2.89. The van der Waals surface area contributed by atoms with Crippen molar-refractivity contribution in [2.75, 3.05) is 7.11 Å². The molecule has 0 aliphatic carbocycles. The number of ether oxygens (including phenoxy) is 1. The predicted octanol–water partition coefficient (Wildman–Crippen LogP) is 3.04. The summed E-state index contributed by atoms with van der Waals surface area (Å²) in [5.41, 5.74) is 1.31. The van der Waals surface area contributed by atoms with Gasteiger partial charge in [-0.15, -0.1) is 0 Å². The maximum atomic E-state index is 5.91. The van der Waals surface area contributed by atoms with E-state index < -0.39 is 0 Å². The molecule has 0 spiro atoms. The molecule has 0 saturated carbocycles. The van der Waals surface area contributed by atoms with E-state index in [-0.39, 0.29) is 18.3 Å². The topological polar surface area (TPSA) is 40.6 Å². The van der Waals surface area contributed by atoms with E-state index >= 15 is 0 Å². The molecule has 1 fully saturated rings. The zero-order chi connectivity index (χ0) is 15.0. The van der Waals surface area contributed by atoms with Crippen LogP contribution in [0, 0.1) is 6.92 Å². The minimum Gasteiger partial charge on any atom is -0.495 e. The first kappa shape index (κ1) is 15.1. The Bertz CT molecular complexity index is 510. The molecule has 1 aliphatic rings. The Morgan fingerprint density at radius 1 is 1.20 bits per heavy atom. The van der Waals surface area contributed by atoms with E-state index in [1.807, 2.05) is 52.7 Å². The summed E-state index contributed by atoms with van der Waals surface area (Å²) in [6, 6.07) is 1.96. The van der Waals surface area contributed by atoms with Crippen LogP contribution < -0.4 is 4.74 Å². The summed E-state index contributed by atoms with van der Waals surface area (Å²) >= 11 is 0. The van der Waals surface area contributed by atoms with Crippen LogP contribution in [0.15, 0.2) is 18.2 Å². The second kappa shape index (κ2) is 5.22. The predicted molar refractivity (Wildman–Crippen MR) is 80.6 cm³/mol. The average molecular weight is 275 g/mol.